The van der Waals surface area contributed by atoms with Crippen LogP contribution in [0, 0.1) is 5.82 Å². The van der Waals surface area contributed by atoms with Crippen LogP contribution in [0.25, 0.3) is 0 Å². The van der Waals surface area contributed by atoms with E-state index in [2.05, 4.69) is 10.2 Å². The van der Waals surface area contributed by atoms with E-state index in [4.69, 9.17) is 5.11 Å². The summed E-state index contributed by atoms with van der Waals surface area (Å²) in [4.78, 5) is 2.28. The number of nitrogens with one attached hydrogen (secondary N) is 1. The van der Waals surface area contributed by atoms with Gasteiger partial charge in [-0.1, -0.05) is 0 Å². The molecule has 0 bridgehead atoms. The first-order valence-electron chi connectivity index (χ1n) is 6.61. The molecule has 1 aromatic rings. The molecular formula is C14H19FN2O. The van der Waals surface area contributed by atoms with E-state index in [1.807, 2.05) is 6.07 Å². The lowest BCUT2D eigenvalue weighted by Crippen LogP contribution is -2.48. The maximum Gasteiger partial charge on any atom is 0.123 e. The molecule has 98 valence electrons. The average molecular weight is 250 g/mol. The number of β-amino-alcohol motifs (C(OH)–C–C–N with tert-alkyl or cyclic N) is 1. The van der Waals surface area contributed by atoms with Crippen LogP contribution in [0.3, 0.4) is 0 Å². The van der Waals surface area contributed by atoms with Crippen molar-refractivity contribution in [1.29, 1.82) is 0 Å². The minimum Gasteiger partial charge on any atom is -0.395 e. The Labute approximate surface area is 107 Å². The summed E-state index contributed by atoms with van der Waals surface area (Å²) in [5.41, 5.74) is 2.22. The summed E-state index contributed by atoms with van der Waals surface area (Å²) in [6, 6.07) is 5.03. The number of fused-ring (bicyclic) bond motifs is 2. The smallest absolute Gasteiger partial charge is 0.123 e. The Morgan fingerprint density at radius 2 is 2.33 bits per heavy atom. The second-order valence-electron chi connectivity index (χ2n) is 5.43. The molecule has 1 atom stereocenters. The fourth-order valence-electron chi connectivity index (χ4n) is 3.39. The molecule has 0 saturated carbocycles. The summed E-state index contributed by atoms with van der Waals surface area (Å²) < 4.78 is 13.5. The van der Waals surface area contributed by atoms with Gasteiger partial charge < -0.3 is 15.3 Å². The van der Waals surface area contributed by atoms with Gasteiger partial charge in [-0.3, -0.25) is 0 Å². The number of piperidine rings is 1. The molecule has 2 aliphatic heterocycles. The maximum atomic E-state index is 13.5. The van der Waals surface area contributed by atoms with Gasteiger partial charge in [-0.25, -0.2) is 4.39 Å². The monoisotopic (exact) mass is 250 g/mol. The first kappa shape index (κ1) is 11.9. The Hall–Kier alpha value is -1.13. The highest BCUT2D eigenvalue weighted by atomic mass is 19.1. The molecule has 2 aliphatic rings. The number of hydrogen-bond donors (Lipinski definition) is 2. The van der Waals surface area contributed by atoms with Crippen LogP contribution in [0.15, 0.2) is 18.2 Å². The Balaban J connectivity index is 1.91. The molecule has 18 heavy (non-hydrogen) atoms. The fourth-order valence-corrected chi connectivity index (χ4v) is 3.39. The lowest BCUT2D eigenvalue weighted by atomic mass is 9.75. The third kappa shape index (κ3) is 1.89. The Kier molecular flexibility index (Phi) is 2.99. The van der Waals surface area contributed by atoms with Gasteiger partial charge in [0.2, 0.25) is 0 Å². The van der Waals surface area contributed by atoms with Gasteiger partial charge in [0, 0.05) is 30.7 Å². The van der Waals surface area contributed by atoms with E-state index in [-0.39, 0.29) is 17.8 Å². The Bertz CT molecular complexity index is 445. The van der Waals surface area contributed by atoms with Crippen molar-refractivity contribution in [2.75, 3.05) is 38.1 Å². The topological polar surface area (TPSA) is 35.5 Å². The number of aliphatic hydroxyl groups is 1. The summed E-state index contributed by atoms with van der Waals surface area (Å²) in [5.74, 6) is -0.156. The summed E-state index contributed by atoms with van der Waals surface area (Å²) in [6.45, 7) is 3.74. The van der Waals surface area contributed by atoms with E-state index < -0.39 is 0 Å². The maximum absolute atomic E-state index is 13.5. The van der Waals surface area contributed by atoms with Crippen LogP contribution in [-0.2, 0) is 5.41 Å². The standard InChI is InChI=1S/C14H19FN2O/c15-11-2-3-13-12(8-11)14(9-16-13)4-1-5-17(10-14)6-7-18/h2-3,8,16,18H,1,4-7,9-10H2. The molecule has 0 aliphatic carbocycles. The molecular weight excluding hydrogens is 231 g/mol. The van der Waals surface area contributed by atoms with Crippen LogP contribution in [-0.4, -0.2) is 42.8 Å². The second-order valence-corrected chi connectivity index (χ2v) is 5.43. The quantitative estimate of drug-likeness (QED) is 0.836. The van der Waals surface area contributed by atoms with Gasteiger partial charge in [0.25, 0.3) is 0 Å². The predicted molar refractivity (Wildman–Crippen MR) is 69.3 cm³/mol. The first-order chi connectivity index (χ1) is 8.73. The Morgan fingerprint density at radius 3 is 3.17 bits per heavy atom. The van der Waals surface area contributed by atoms with Gasteiger partial charge >= 0.3 is 0 Å². The number of halogens is 1. The minimum atomic E-state index is -0.156. The van der Waals surface area contributed by atoms with E-state index in [1.54, 1.807) is 6.07 Å². The van der Waals surface area contributed by atoms with E-state index in [1.165, 1.54) is 6.07 Å². The Morgan fingerprint density at radius 1 is 1.44 bits per heavy atom. The molecule has 3 nitrogen and oxygen atoms in total. The molecule has 4 heteroatoms. The van der Waals surface area contributed by atoms with Crippen molar-refractivity contribution in [3.8, 4) is 0 Å². The predicted octanol–water partition coefficient (Wildman–Crippen LogP) is 1.58. The van der Waals surface area contributed by atoms with Crippen molar-refractivity contribution in [2.45, 2.75) is 18.3 Å². The lowest BCUT2D eigenvalue weighted by molar-refractivity contribution is 0.128. The van der Waals surface area contributed by atoms with Gasteiger partial charge in [-0.15, -0.1) is 0 Å². The van der Waals surface area contributed by atoms with Crippen molar-refractivity contribution in [3.05, 3.63) is 29.6 Å². The van der Waals surface area contributed by atoms with Gasteiger partial charge in [0.05, 0.1) is 6.61 Å². The van der Waals surface area contributed by atoms with E-state index >= 15 is 0 Å². The number of benzene rings is 1. The SMILES string of the molecule is OCCN1CCCC2(CNc3ccc(F)cc32)C1. The van der Waals surface area contributed by atoms with E-state index in [0.29, 0.717) is 6.54 Å². The van der Waals surface area contributed by atoms with Crippen molar-refractivity contribution >= 4 is 5.69 Å². The van der Waals surface area contributed by atoms with E-state index in [9.17, 15) is 4.39 Å². The third-order valence-corrected chi connectivity index (χ3v) is 4.24. The van der Waals surface area contributed by atoms with Crippen LogP contribution in [0.1, 0.15) is 18.4 Å². The molecule has 1 unspecified atom stereocenters. The molecule has 0 radical (unpaired) electrons. The zero-order valence-corrected chi connectivity index (χ0v) is 10.5. The minimum absolute atomic E-state index is 0.0326. The van der Waals surface area contributed by atoms with Crippen molar-refractivity contribution in [1.82, 2.24) is 4.90 Å². The zero-order chi connectivity index (χ0) is 12.6. The largest absolute Gasteiger partial charge is 0.395 e. The molecule has 1 aromatic carbocycles. The number of nitrogens with zero attached hydrogens (tertiary/aromatic N) is 1. The fraction of sp³-hybridized carbons (Fsp3) is 0.571. The normalized spacial score (nSPS) is 27.2. The highest BCUT2D eigenvalue weighted by Crippen LogP contribution is 2.42. The molecule has 0 amide bonds. The number of rotatable bonds is 2. The van der Waals surface area contributed by atoms with Crippen LogP contribution in [0.2, 0.25) is 0 Å². The zero-order valence-electron chi connectivity index (χ0n) is 10.5. The molecule has 1 fully saturated rings. The van der Waals surface area contributed by atoms with Gasteiger partial charge in [-0.05, 0) is 43.1 Å². The molecule has 2 heterocycles. The molecule has 3 rings (SSSR count). The van der Waals surface area contributed by atoms with Gasteiger partial charge in [0.1, 0.15) is 5.82 Å². The summed E-state index contributed by atoms with van der Waals surface area (Å²) in [5, 5.41) is 12.5. The molecule has 0 aromatic heterocycles. The second kappa shape index (κ2) is 4.52. The van der Waals surface area contributed by atoms with Crippen LogP contribution in [0.5, 0.6) is 0 Å². The van der Waals surface area contributed by atoms with Crippen LogP contribution >= 0.6 is 0 Å². The highest BCUT2D eigenvalue weighted by Gasteiger charge is 2.42. The van der Waals surface area contributed by atoms with Crippen molar-refractivity contribution in [2.24, 2.45) is 0 Å². The van der Waals surface area contributed by atoms with Gasteiger partial charge in [-0.2, -0.15) is 0 Å². The molecule has 1 spiro atoms. The lowest BCUT2D eigenvalue weighted by Gasteiger charge is -2.40. The van der Waals surface area contributed by atoms with Crippen LogP contribution in [0.4, 0.5) is 10.1 Å². The van der Waals surface area contributed by atoms with Crippen molar-refractivity contribution < 1.29 is 9.50 Å². The number of hydrogen-bond acceptors (Lipinski definition) is 3. The average Bonchev–Trinajstić information content (AvgIpc) is 2.69. The van der Waals surface area contributed by atoms with Crippen molar-refractivity contribution in [3.63, 3.8) is 0 Å². The summed E-state index contributed by atoms with van der Waals surface area (Å²) >= 11 is 0. The number of aliphatic hydroxyl groups excluding tert-OH is 1. The van der Waals surface area contributed by atoms with Crippen LogP contribution < -0.4 is 5.32 Å². The number of anilines is 1. The third-order valence-electron chi connectivity index (χ3n) is 4.24. The van der Waals surface area contributed by atoms with E-state index in [0.717, 1.165) is 43.7 Å². The summed E-state index contributed by atoms with van der Waals surface area (Å²) in [7, 11) is 0. The molecule has 1 saturated heterocycles. The highest BCUT2D eigenvalue weighted by molar-refractivity contribution is 5.60. The van der Waals surface area contributed by atoms with Gasteiger partial charge in [0.15, 0.2) is 0 Å². The number of likely N-dealkylation sites (tertiary alicyclic amines) is 1. The first-order valence-corrected chi connectivity index (χ1v) is 6.61. The summed E-state index contributed by atoms with van der Waals surface area (Å²) in [6.07, 6.45) is 2.20. The molecule has 2 N–H and O–H groups in total.